The van der Waals surface area contributed by atoms with E-state index in [1.807, 2.05) is 12.1 Å². The Hall–Kier alpha value is -0.810. The van der Waals surface area contributed by atoms with Crippen molar-refractivity contribution in [3.8, 4) is 5.75 Å². The van der Waals surface area contributed by atoms with Gasteiger partial charge < -0.3 is 19.9 Å². The molecule has 1 aromatic rings. The molecule has 1 aromatic carbocycles. The van der Waals surface area contributed by atoms with Crippen molar-refractivity contribution < 1.29 is 14.6 Å². The van der Waals surface area contributed by atoms with E-state index < -0.39 is 6.10 Å². The fraction of sp³-hybridized carbons (Fsp3) is 0.647. The number of nitrogens with one attached hydrogen (secondary N) is 1. The highest BCUT2D eigenvalue weighted by molar-refractivity contribution is 5.85. The third kappa shape index (κ3) is 6.53. The number of halogens is 1. The molecule has 0 spiro atoms. The van der Waals surface area contributed by atoms with Crippen LogP contribution in [-0.2, 0) is 4.74 Å². The highest BCUT2D eigenvalue weighted by Crippen LogP contribution is 2.18. The van der Waals surface area contributed by atoms with Gasteiger partial charge in [-0.2, -0.15) is 0 Å². The third-order valence-corrected chi connectivity index (χ3v) is 3.85. The summed E-state index contributed by atoms with van der Waals surface area (Å²) in [5, 5.41) is 13.3. The standard InChI is InChI=1S/C17H27NO3.ClH/c1-13(2)14-3-5-17(6-4-14)21-12-16(19)11-18-15-7-9-20-10-8-15;/h3-6,13,15-16,18-19H,7-12H2,1-2H3;1H. The summed E-state index contributed by atoms with van der Waals surface area (Å²) in [5.41, 5.74) is 1.30. The first kappa shape index (κ1) is 19.2. The Kier molecular flexibility index (Phi) is 8.79. The molecule has 22 heavy (non-hydrogen) atoms. The molecule has 1 heterocycles. The lowest BCUT2D eigenvalue weighted by Crippen LogP contribution is -2.40. The molecular formula is C17H28ClNO3. The van der Waals surface area contributed by atoms with Crippen LogP contribution in [0.2, 0.25) is 0 Å². The molecule has 0 amide bonds. The lowest BCUT2D eigenvalue weighted by molar-refractivity contribution is 0.0655. The molecule has 0 aliphatic carbocycles. The molecule has 2 rings (SSSR count). The fourth-order valence-electron chi connectivity index (χ4n) is 2.40. The van der Waals surface area contributed by atoms with Crippen LogP contribution in [0.15, 0.2) is 24.3 Å². The van der Waals surface area contributed by atoms with E-state index in [2.05, 4.69) is 31.3 Å². The van der Waals surface area contributed by atoms with Crippen molar-refractivity contribution in [3.05, 3.63) is 29.8 Å². The fourth-order valence-corrected chi connectivity index (χ4v) is 2.40. The van der Waals surface area contributed by atoms with Gasteiger partial charge in [0, 0.05) is 25.8 Å². The van der Waals surface area contributed by atoms with Crippen LogP contribution in [0.25, 0.3) is 0 Å². The van der Waals surface area contributed by atoms with E-state index in [9.17, 15) is 5.11 Å². The van der Waals surface area contributed by atoms with E-state index in [1.54, 1.807) is 0 Å². The topological polar surface area (TPSA) is 50.7 Å². The summed E-state index contributed by atoms with van der Waals surface area (Å²) in [4.78, 5) is 0. The minimum Gasteiger partial charge on any atom is -0.491 e. The maximum Gasteiger partial charge on any atom is 0.119 e. The average molecular weight is 330 g/mol. The van der Waals surface area contributed by atoms with Gasteiger partial charge in [0.15, 0.2) is 0 Å². The third-order valence-electron chi connectivity index (χ3n) is 3.85. The number of rotatable bonds is 7. The average Bonchev–Trinajstić information content (AvgIpc) is 2.52. The highest BCUT2D eigenvalue weighted by Gasteiger charge is 2.14. The summed E-state index contributed by atoms with van der Waals surface area (Å²) >= 11 is 0. The molecule has 1 saturated heterocycles. The molecule has 2 N–H and O–H groups in total. The summed E-state index contributed by atoms with van der Waals surface area (Å²) in [6.45, 7) is 6.84. The second-order valence-electron chi connectivity index (χ2n) is 5.98. The summed E-state index contributed by atoms with van der Waals surface area (Å²) in [6.07, 6.45) is 1.55. The second kappa shape index (κ2) is 10.1. The second-order valence-corrected chi connectivity index (χ2v) is 5.98. The monoisotopic (exact) mass is 329 g/mol. The zero-order chi connectivity index (χ0) is 15.1. The number of benzene rings is 1. The predicted molar refractivity (Wildman–Crippen MR) is 91.1 cm³/mol. The van der Waals surface area contributed by atoms with Crippen molar-refractivity contribution in [1.29, 1.82) is 0 Å². The van der Waals surface area contributed by atoms with Gasteiger partial charge in [-0.15, -0.1) is 12.4 Å². The van der Waals surface area contributed by atoms with Crippen LogP contribution in [0.4, 0.5) is 0 Å². The molecule has 1 atom stereocenters. The van der Waals surface area contributed by atoms with Crippen molar-refractivity contribution >= 4 is 12.4 Å². The molecule has 1 aliphatic rings. The molecule has 1 aliphatic heterocycles. The molecule has 4 nitrogen and oxygen atoms in total. The van der Waals surface area contributed by atoms with Gasteiger partial charge in [-0.3, -0.25) is 0 Å². The highest BCUT2D eigenvalue weighted by atomic mass is 35.5. The summed E-state index contributed by atoms with van der Waals surface area (Å²) in [7, 11) is 0. The van der Waals surface area contributed by atoms with Gasteiger partial charge in [0.1, 0.15) is 18.5 Å². The first-order valence-corrected chi connectivity index (χ1v) is 7.87. The molecule has 1 unspecified atom stereocenters. The van der Waals surface area contributed by atoms with Gasteiger partial charge in [-0.1, -0.05) is 26.0 Å². The zero-order valence-electron chi connectivity index (χ0n) is 13.5. The van der Waals surface area contributed by atoms with Crippen LogP contribution in [-0.4, -0.2) is 43.6 Å². The van der Waals surface area contributed by atoms with Crippen LogP contribution in [0.5, 0.6) is 5.75 Å². The molecule has 5 heteroatoms. The lowest BCUT2D eigenvalue weighted by Gasteiger charge is -2.24. The van der Waals surface area contributed by atoms with Crippen molar-refractivity contribution in [2.24, 2.45) is 0 Å². The Morgan fingerprint density at radius 2 is 1.86 bits per heavy atom. The van der Waals surface area contributed by atoms with Crippen LogP contribution < -0.4 is 10.1 Å². The number of hydrogen-bond acceptors (Lipinski definition) is 4. The minimum absolute atomic E-state index is 0. The Labute approximate surface area is 139 Å². The SMILES string of the molecule is CC(C)c1ccc(OCC(O)CNC2CCOCC2)cc1.Cl. The minimum atomic E-state index is -0.488. The van der Waals surface area contributed by atoms with Gasteiger partial charge in [0.2, 0.25) is 0 Å². The maximum atomic E-state index is 9.97. The number of aliphatic hydroxyl groups excluding tert-OH is 1. The lowest BCUT2D eigenvalue weighted by atomic mass is 10.0. The van der Waals surface area contributed by atoms with Crippen LogP contribution in [0.3, 0.4) is 0 Å². The van der Waals surface area contributed by atoms with Gasteiger partial charge >= 0.3 is 0 Å². The molecular weight excluding hydrogens is 302 g/mol. The largest absolute Gasteiger partial charge is 0.491 e. The quantitative estimate of drug-likeness (QED) is 0.807. The Balaban J connectivity index is 0.00000242. The van der Waals surface area contributed by atoms with Crippen LogP contribution >= 0.6 is 12.4 Å². The van der Waals surface area contributed by atoms with E-state index in [4.69, 9.17) is 9.47 Å². The molecule has 0 aromatic heterocycles. The number of ether oxygens (including phenoxy) is 2. The Bertz CT molecular complexity index is 405. The van der Waals surface area contributed by atoms with Crippen molar-refractivity contribution in [2.45, 2.75) is 44.8 Å². The summed E-state index contributed by atoms with van der Waals surface area (Å²) < 4.78 is 10.9. The molecule has 0 radical (unpaired) electrons. The van der Waals surface area contributed by atoms with E-state index in [0.29, 0.717) is 25.1 Å². The van der Waals surface area contributed by atoms with Gasteiger partial charge in [0.05, 0.1) is 0 Å². The van der Waals surface area contributed by atoms with E-state index in [1.165, 1.54) is 5.56 Å². The first-order chi connectivity index (χ1) is 10.1. The maximum absolute atomic E-state index is 9.97. The van der Waals surface area contributed by atoms with E-state index in [0.717, 1.165) is 31.8 Å². The van der Waals surface area contributed by atoms with Crippen molar-refractivity contribution in [1.82, 2.24) is 5.32 Å². The van der Waals surface area contributed by atoms with Crippen LogP contribution in [0, 0.1) is 0 Å². The Morgan fingerprint density at radius 1 is 1.23 bits per heavy atom. The number of hydrogen-bond donors (Lipinski definition) is 2. The van der Waals surface area contributed by atoms with Crippen LogP contribution in [0.1, 0.15) is 38.2 Å². The number of aliphatic hydroxyl groups is 1. The summed E-state index contributed by atoms with van der Waals surface area (Å²) in [6, 6.07) is 8.54. The van der Waals surface area contributed by atoms with Crippen molar-refractivity contribution in [2.75, 3.05) is 26.4 Å². The zero-order valence-corrected chi connectivity index (χ0v) is 14.3. The molecule has 126 valence electrons. The molecule has 0 bridgehead atoms. The van der Waals surface area contributed by atoms with Crippen molar-refractivity contribution in [3.63, 3.8) is 0 Å². The Morgan fingerprint density at radius 3 is 2.45 bits per heavy atom. The van der Waals surface area contributed by atoms with E-state index >= 15 is 0 Å². The summed E-state index contributed by atoms with van der Waals surface area (Å²) in [5.74, 6) is 1.33. The van der Waals surface area contributed by atoms with Gasteiger partial charge in [-0.05, 0) is 36.5 Å². The smallest absolute Gasteiger partial charge is 0.119 e. The molecule has 1 fully saturated rings. The predicted octanol–water partition coefficient (Wildman–Crippen LogP) is 2.74. The first-order valence-electron chi connectivity index (χ1n) is 7.87. The van der Waals surface area contributed by atoms with Gasteiger partial charge in [0.25, 0.3) is 0 Å². The van der Waals surface area contributed by atoms with E-state index in [-0.39, 0.29) is 12.4 Å². The molecule has 0 saturated carbocycles. The van der Waals surface area contributed by atoms with Gasteiger partial charge in [-0.25, -0.2) is 0 Å². The normalized spacial score (nSPS) is 17.1.